The van der Waals surface area contributed by atoms with Gasteiger partial charge in [-0.25, -0.2) is 4.98 Å². The van der Waals surface area contributed by atoms with Crippen molar-refractivity contribution in [3.8, 4) is 28.8 Å². The summed E-state index contributed by atoms with van der Waals surface area (Å²) in [7, 11) is -2.53. The van der Waals surface area contributed by atoms with Crippen LogP contribution in [0.2, 0.25) is 0 Å². The number of nitrogens with zero attached hydrogens (tertiary/aromatic N) is 4. The second kappa shape index (κ2) is 11.2. The number of hydrogen-bond donors (Lipinski definition) is 3. The summed E-state index contributed by atoms with van der Waals surface area (Å²) in [5, 5.41) is 12.5. The molecule has 43 heavy (non-hydrogen) atoms. The number of nitriles is 1. The predicted octanol–water partition coefficient (Wildman–Crippen LogP) is 6.44. The number of pyridine rings is 1. The lowest BCUT2D eigenvalue weighted by Gasteiger charge is -2.41. The maximum atomic E-state index is 13.4. The van der Waals surface area contributed by atoms with Gasteiger partial charge in [-0.15, -0.1) is 0 Å². The van der Waals surface area contributed by atoms with Gasteiger partial charge >= 0.3 is 6.18 Å². The second-order valence-corrected chi connectivity index (χ2v) is 14.0. The number of halogens is 3. The second-order valence-electron chi connectivity index (χ2n) is 11.6. The SMILES string of the molecule is N#CC1(NC(=O)[C@@H]2CCCC[C@H]2c2oc(-c3ccc(C(F)(F)F)nc3)nc2-c2ccc(N3CCS(O)(O)CC3)cc2)CC1. The van der Waals surface area contributed by atoms with Crippen molar-refractivity contribution in [2.24, 2.45) is 5.92 Å². The Morgan fingerprint density at radius 3 is 2.35 bits per heavy atom. The molecule has 6 rings (SSSR count). The molecule has 3 heterocycles. The first-order chi connectivity index (χ1) is 20.5. The highest BCUT2D eigenvalue weighted by Gasteiger charge is 2.47. The fourth-order valence-corrected chi connectivity index (χ4v) is 7.12. The van der Waals surface area contributed by atoms with E-state index in [1.807, 2.05) is 24.3 Å². The van der Waals surface area contributed by atoms with Crippen molar-refractivity contribution in [1.82, 2.24) is 15.3 Å². The number of amides is 1. The van der Waals surface area contributed by atoms with E-state index in [0.29, 0.717) is 61.7 Å². The molecule has 1 aromatic carbocycles. The fourth-order valence-electron chi connectivity index (χ4n) is 5.89. The molecule has 0 radical (unpaired) electrons. The predicted molar refractivity (Wildman–Crippen MR) is 155 cm³/mol. The minimum atomic E-state index is -4.58. The van der Waals surface area contributed by atoms with Crippen LogP contribution in [0.25, 0.3) is 22.7 Å². The van der Waals surface area contributed by atoms with Gasteiger partial charge in [0.15, 0.2) is 0 Å². The van der Waals surface area contributed by atoms with E-state index in [1.165, 1.54) is 6.07 Å². The van der Waals surface area contributed by atoms with E-state index < -0.39 is 33.9 Å². The van der Waals surface area contributed by atoms with Crippen molar-refractivity contribution in [3.63, 3.8) is 0 Å². The van der Waals surface area contributed by atoms with Gasteiger partial charge in [-0.3, -0.25) is 18.9 Å². The average molecular weight is 616 g/mol. The number of oxazole rings is 1. The Labute approximate surface area is 248 Å². The zero-order valence-corrected chi connectivity index (χ0v) is 24.1. The molecule has 0 bridgehead atoms. The Balaban J connectivity index is 1.35. The summed E-state index contributed by atoms with van der Waals surface area (Å²) in [5.74, 6) is 0.227. The first-order valence-electron chi connectivity index (χ1n) is 14.3. The van der Waals surface area contributed by atoms with Crippen molar-refractivity contribution in [2.75, 3.05) is 29.5 Å². The molecule has 3 N–H and O–H groups in total. The largest absolute Gasteiger partial charge is 0.440 e. The standard InChI is InChI=1S/C30H32F3N5O4S/c31-30(32,33)24-10-7-20(17-35-24)28-36-25(19-5-8-21(9-6-19)38-13-15-43(40,41)16-14-38)26(42-28)22-3-1-2-4-23(22)27(39)37-29(18-34)11-12-29/h5-10,17,22-23,40-41H,1-4,11-16H2,(H,37,39)/t22-,23-/m1/s1. The molecule has 2 aliphatic carbocycles. The van der Waals surface area contributed by atoms with Gasteiger partial charge in [0, 0.05) is 42.4 Å². The summed E-state index contributed by atoms with van der Waals surface area (Å²) < 4.78 is 65.7. The molecule has 2 atom stereocenters. The molecule has 228 valence electrons. The topological polar surface area (TPSA) is 136 Å². The highest BCUT2D eigenvalue weighted by Crippen LogP contribution is 2.46. The molecule has 0 spiro atoms. The van der Waals surface area contributed by atoms with Crippen molar-refractivity contribution < 1.29 is 31.5 Å². The van der Waals surface area contributed by atoms with Crippen LogP contribution in [0.5, 0.6) is 0 Å². The lowest BCUT2D eigenvalue weighted by molar-refractivity contribution is -0.141. The number of hydrogen-bond acceptors (Lipinski definition) is 8. The maximum absolute atomic E-state index is 13.4. The third-order valence-corrected chi connectivity index (χ3v) is 10.3. The molecule has 3 aliphatic rings. The summed E-state index contributed by atoms with van der Waals surface area (Å²) in [5.41, 5.74) is 0.585. The van der Waals surface area contributed by atoms with Crippen LogP contribution >= 0.6 is 10.6 Å². The smallest absolute Gasteiger partial charge is 0.433 e. The van der Waals surface area contributed by atoms with Gasteiger partial charge in [0.1, 0.15) is 22.7 Å². The van der Waals surface area contributed by atoms with Crippen molar-refractivity contribution in [3.05, 3.63) is 54.0 Å². The summed E-state index contributed by atoms with van der Waals surface area (Å²) in [4.78, 5) is 23.8. The molecule has 9 nitrogen and oxygen atoms in total. The third kappa shape index (κ3) is 6.23. The number of alkyl halides is 3. The lowest BCUT2D eigenvalue weighted by atomic mass is 9.76. The number of aromatic nitrogens is 2. The van der Waals surface area contributed by atoms with Crippen LogP contribution in [0, 0.1) is 17.2 Å². The molecule has 1 amide bonds. The highest BCUT2D eigenvalue weighted by atomic mass is 32.3. The first-order valence-corrected chi connectivity index (χ1v) is 16.2. The van der Waals surface area contributed by atoms with E-state index in [2.05, 4.69) is 21.3 Å². The fraction of sp³-hybridized carbons (Fsp3) is 0.467. The van der Waals surface area contributed by atoms with Crippen molar-refractivity contribution >= 4 is 22.2 Å². The summed E-state index contributed by atoms with van der Waals surface area (Å²) in [6.07, 6.45) is 0.724. The molecule has 2 aromatic heterocycles. The van der Waals surface area contributed by atoms with Gasteiger partial charge in [0.05, 0.1) is 23.1 Å². The maximum Gasteiger partial charge on any atom is 0.433 e. The van der Waals surface area contributed by atoms with E-state index in [-0.39, 0.29) is 23.3 Å². The van der Waals surface area contributed by atoms with Crippen molar-refractivity contribution in [1.29, 1.82) is 5.26 Å². The highest BCUT2D eigenvalue weighted by molar-refractivity contribution is 8.24. The Morgan fingerprint density at radius 1 is 1.07 bits per heavy atom. The van der Waals surface area contributed by atoms with Gasteiger partial charge in [0.25, 0.3) is 0 Å². The molecule has 1 saturated heterocycles. The lowest BCUT2D eigenvalue weighted by Crippen LogP contribution is -2.42. The van der Waals surface area contributed by atoms with Gasteiger partial charge in [-0.05, 0) is 49.9 Å². The van der Waals surface area contributed by atoms with Gasteiger partial charge in [0.2, 0.25) is 11.8 Å². The van der Waals surface area contributed by atoms with Gasteiger partial charge in [-0.1, -0.05) is 25.0 Å². The van der Waals surface area contributed by atoms with Crippen LogP contribution in [0.3, 0.4) is 0 Å². The minimum absolute atomic E-state index is 0.108. The van der Waals surface area contributed by atoms with E-state index in [1.54, 1.807) is 0 Å². The molecular weight excluding hydrogens is 583 g/mol. The number of carbonyl (C=O) groups excluding carboxylic acids is 1. The molecule has 3 aromatic rings. The zero-order chi connectivity index (χ0) is 30.4. The quantitative estimate of drug-likeness (QED) is 0.288. The van der Waals surface area contributed by atoms with Crippen LogP contribution in [0.15, 0.2) is 47.0 Å². The Kier molecular flexibility index (Phi) is 7.64. The van der Waals surface area contributed by atoms with E-state index in [9.17, 15) is 32.3 Å². The third-order valence-electron chi connectivity index (χ3n) is 8.60. The molecule has 13 heteroatoms. The molecule has 3 fully saturated rings. The Bertz CT molecular complexity index is 1520. The van der Waals surface area contributed by atoms with E-state index >= 15 is 0 Å². The number of nitrogens with one attached hydrogen (secondary N) is 1. The summed E-state index contributed by atoms with van der Waals surface area (Å²) >= 11 is 0. The molecular formula is C30H32F3N5O4S. The number of anilines is 1. The Morgan fingerprint density at radius 2 is 1.74 bits per heavy atom. The van der Waals surface area contributed by atoms with E-state index in [4.69, 9.17) is 9.40 Å². The summed E-state index contributed by atoms with van der Waals surface area (Å²) in [6, 6.07) is 12.0. The van der Waals surface area contributed by atoms with Crippen LogP contribution in [0.4, 0.5) is 18.9 Å². The van der Waals surface area contributed by atoms with Crippen LogP contribution < -0.4 is 10.2 Å². The zero-order valence-electron chi connectivity index (χ0n) is 23.3. The molecule has 0 unspecified atom stereocenters. The van der Waals surface area contributed by atoms with Crippen LogP contribution in [-0.4, -0.2) is 55.1 Å². The molecule has 1 aliphatic heterocycles. The van der Waals surface area contributed by atoms with Gasteiger partial charge in [-0.2, -0.15) is 29.0 Å². The first kappa shape index (κ1) is 29.5. The van der Waals surface area contributed by atoms with Crippen molar-refractivity contribution in [2.45, 2.75) is 56.2 Å². The monoisotopic (exact) mass is 615 g/mol. The molecule has 2 saturated carbocycles. The average Bonchev–Trinajstić information content (AvgIpc) is 3.63. The minimum Gasteiger partial charge on any atom is -0.440 e. The van der Waals surface area contributed by atoms with Crippen LogP contribution in [-0.2, 0) is 11.0 Å². The Hall–Kier alpha value is -3.60. The number of carbonyl (C=O) groups is 1. The number of rotatable bonds is 6. The van der Waals surface area contributed by atoms with Crippen LogP contribution in [0.1, 0.15) is 55.9 Å². The number of benzene rings is 1. The van der Waals surface area contributed by atoms with Gasteiger partial charge < -0.3 is 14.6 Å². The van der Waals surface area contributed by atoms with E-state index in [0.717, 1.165) is 36.4 Å². The normalized spacial score (nSPS) is 23.7. The summed E-state index contributed by atoms with van der Waals surface area (Å²) in [6.45, 7) is 1.04.